The second-order valence-electron chi connectivity index (χ2n) is 4.06. The van der Waals surface area contributed by atoms with Gasteiger partial charge in [-0.2, -0.15) is 0 Å². The van der Waals surface area contributed by atoms with Crippen LogP contribution in [0.5, 0.6) is 0 Å². The lowest BCUT2D eigenvalue weighted by atomic mass is 10.1. The predicted molar refractivity (Wildman–Crippen MR) is 72.1 cm³/mol. The van der Waals surface area contributed by atoms with Crippen LogP contribution in [0.15, 0.2) is 12.1 Å². The van der Waals surface area contributed by atoms with Gasteiger partial charge < -0.3 is 5.32 Å². The van der Waals surface area contributed by atoms with Crippen molar-refractivity contribution in [1.29, 1.82) is 0 Å². The van der Waals surface area contributed by atoms with Gasteiger partial charge in [-0.1, -0.05) is 13.8 Å². The van der Waals surface area contributed by atoms with Crippen molar-refractivity contribution in [2.45, 2.75) is 27.7 Å². The van der Waals surface area contributed by atoms with Crippen molar-refractivity contribution in [3.63, 3.8) is 0 Å². The molecule has 1 aromatic carbocycles. The second kappa shape index (κ2) is 4.96. The fraction of sp³-hybridized carbons (Fsp3) is 0.417. The van der Waals surface area contributed by atoms with E-state index in [4.69, 9.17) is 0 Å². The standard InChI is InChI=1S/C12H16INO/c1-7(2)12(15)14-11-6-8(3)10(13)5-9(11)4/h5-7H,1-4H3,(H,14,15). The number of rotatable bonds is 2. The molecule has 2 nitrogen and oxygen atoms in total. The average molecular weight is 317 g/mol. The van der Waals surface area contributed by atoms with E-state index in [0.717, 1.165) is 11.3 Å². The van der Waals surface area contributed by atoms with Crippen LogP contribution in [0, 0.1) is 23.3 Å². The van der Waals surface area contributed by atoms with E-state index >= 15 is 0 Å². The summed E-state index contributed by atoms with van der Waals surface area (Å²) in [7, 11) is 0. The summed E-state index contributed by atoms with van der Waals surface area (Å²) in [5.74, 6) is 0.0858. The number of hydrogen-bond acceptors (Lipinski definition) is 1. The van der Waals surface area contributed by atoms with Crippen LogP contribution in [0.1, 0.15) is 25.0 Å². The number of nitrogens with one attached hydrogen (secondary N) is 1. The Morgan fingerprint density at radius 1 is 1.27 bits per heavy atom. The van der Waals surface area contributed by atoms with Crippen molar-refractivity contribution in [1.82, 2.24) is 0 Å². The normalized spacial score (nSPS) is 10.5. The SMILES string of the molecule is Cc1cc(NC(=O)C(C)C)c(C)cc1I. The summed E-state index contributed by atoms with van der Waals surface area (Å²) in [5, 5.41) is 2.94. The number of carbonyl (C=O) groups excluding carboxylic acids is 1. The number of halogens is 1. The molecule has 1 amide bonds. The van der Waals surface area contributed by atoms with Gasteiger partial charge in [0.15, 0.2) is 0 Å². The maximum absolute atomic E-state index is 11.5. The molecule has 82 valence electrons. The van der Waals surface area contributed by atoms with Gasteiger partial charge in [0.25, 0.3) is 0 Å². The smallest absolute Gasteiger partial charge is 0.226 e. The lowest BCUT2D eigenvalue weighted by Crippen LogP contribution is -2.18. The molecule has 0 heterocycles. The average Bonchev–Trinajstić information content (AvgIpc) is 2.13. The lowest BCUT2D eigenvalue weighted by Gasteiger charge is -2.12. The van der Waals surface area contributed by atoms with Gasteiger partial charge in [0.1, 0.15) is 0 Å². The topological polar surface area (TPSA) is 29.1 Å². The van der Waals surface area contributed by atoms with E-state index in [1.807, 2.05) is 33.8 Å². The number of aryl methyl sites for hydroxylation is 2. The van der Waals surface area contributed by atoms with Crippen LogP contribution < -0.4 is 5.32 Å². The zero-order chi connectivity index (χ0) is 11.6. The molecule has 0 saturated heterocycles. The molecule has 0 atom stereocenters. The summed E-state index contributed by atoms with van der Waals surface area (Å²) in [6.45, 7) is 7.85. The third-order valence-corrected chi connectivity index (χ3v) is 3.45. The third-order valence-electron chi connectivity index (χ3n) is 2.29. The van der Waals surface area contributed by atoms with Crippen LogP contribution in [0.4, 0.5) is 5.69 Å². The van der Waals surface area contributed by atoms with Crippen LogP contribution in [-0.2, 0) is 4.79 Å². The number of benzene rings is 1. The first-order valence-electron chi connectivity index (χ1n) is 4.99. The van der Waals surface area contributed by atoms with Gasteiger partial charge in [-0.05, 0) is 59.7 Å². The molecule has 0 saturated carbocycles. The third kappa shape index (κ3) is 3.19. The molecule has 1 aromatic rings. The van der Waals surface area contributed by atoms with Gasteiger partial charge in [-0.15, -0.1) is 0 Å². The second-order valence-corrected chi connectivity index (χ2v) is 5.22. The van der Waals surface area contributed by atoms with Crippen molar-refractivity contribution in [3.05, 3.63) is 26.8 Å². The number of anilines is 1. The van der Waals surface area contributed by atoms with E-state index in [9.17, 15) is 4.79 Å². The largest absolute Gasteiger partial charge is 0.326 e. The molecule has 15 heavy (non-hydrogen) atoms. The Kier molecular flexibility index (Phi) is 4.13. The Balaban J connectivity index is 2.96. The van der Waals surface area contributed by atoms with Crippen molar-refractivity contribution in [2.75, 3.05) is 5.32 Å². The molecule has 1 N–H and O–H groups in total. The molecule has 0 radical (unpaired) electrons. The van der Waals surface area contributed by atoms with E-state index < -0.39 is 0 Å². The molecular weight excluding hydrogens is 301 g/mol. The summed E-state index contributed by atoms with van der Waals surface area (Å²) in [6, 6.07) is 4.11. The molecule has 0 bridgehead atoms. The minimum absolute atomic E-state index is 0.0176. The summed E-state index contributed by atoms with van der Waals surface area (Å²) < 4.78 is 1.23. The minimum atomic E-state index is 0.0176. The van der Waals surface area contributed by atoms with Crippen molar-refractivity contribution < 1.29 is 4.79 Å². The molecule has 0 aromatic heterocycles. The highest BCUT2D eigenvalue weighted by Gasteiger charge is 2.09. The molecule has 3 heteroatoms. The highest BCUT2D eigenvalue weighted by Crippen LogP contribution is 2.22. The molecule has 0 aliphatic rings. The van der Waals surface area contributed by atoms with Crippen molar-refractivity contribution >= 4 is 34.2 Å². The minimum Gasteiger partial charge on any atom is -0.326 e. The van der Waals surface area contributed by atoms with E-state index in [0.29, 0.717) is 0 Å². The van der Waals surface area contributed by atoms with Gasteiger partial charge in [-0.25, -0.2) is 0 Å². The zero-order valence-electron chi connectivity index (χ0n) is 9.52. The Morgan fingerprint density at radius 3 is 2.40 bits per heavy atom. The van der Waals surface area contributed by atoms with Crippen LogP contribution in [0.2, 0.25) is 0 Å². The predicted octanol–water partition coefficient (Wildman–Crippen LogP) is 3.50. The van der Waals surface area contributed by atoms with Crippen LogP contribution in [0.3, 0.4) is 0 Å². The van der Waals surface area contributed by atoms with E-state index in [1.54, 1.807) is 0 Å². The van der Waals surface area contributed by atoms with Crippen LogP contribution in [0.25, 0.3) is 0 Å². The zero-order valence-corrected chi connectivity index (χ0v) is 11.7. The highest BCUT2D eigenvalue weighted by molar-refractivity contribution is 14.1. The Morgan fingerprint density at radius 2 is 1.87 bits per heavy atom. The fourth-order valence-electron chi connectivity index (χ4n) is 1.19. The molecule has 0 aliphatic heterocycles. The Hall–Kier alpha value is -0.580. The molecule has 0 spiro atoms. The van der Waals surface area contributed by atoms with Crippen molar-refractivity contribution in [2.24, 2.45) is 5.92 Å². The number of amides is 1. The fourth-order valence-corrected chi connectivity index (χ4v) is 1.82. The van der Waals surface area contributed by atoms with Gasteiger partial charge in [0.05, 0.1) is 0 Å². The molecule has 0 fully saturated rings. The Labute approximate surface area is 105 Å². The molecule has 0 unspecified atom stereocenters. The first-order valence-corrected chi connectivity index (χ1v) is 6.07. The van der Waals surface area contributed by atoms with E-state index in [1.165, 1.54) is 9.13 Å². The molecular formula is C12H16INO. The summed E-state index contributed by atoms with van der Waals surface area (Å²) in [5.41, 5.74) is 3.23. The quantitative estimate of drug-likeness (QED) is 0.831. The molecule has 0 aliphatic carbocycles. The summed E-state index contributed by atoms with van der Waals surface area (Å²) in [4.78, 5) is 11.5. The lowest BCUT2D eigenvalue weighted by molar-refractivity contribution is -0.118. The monoisotopic (exact) mass is 317 g/mol. The molecule has 1 rings (SSSR count). The Bertz CT molecular complexity index is 385. The van der Waals surface area contributed by atoms with Gasteiger partial charge >= 0.3 is 0 Å². The maximum atomic E-state index is 11.5. The summed E-state index contributed by atoms with van der Waals surface area (Å²) in [6.07, 6.45) is 0. The highest BCUT2D eigenvalue weighted by atomic mass is 127. The van der Waals surface area contributed by atoms with Crippen molar-refractivity contribution in [3.8, 4) is 0 Å². The number of hydrogen-bond donors (Lipinski definition) is 1. The maximum Gasteiger partial charge on any atom is 0.226 e. The summed E-state index contributed by atoms with van der Waals surface area (Å²) >= 11 is 2.30. The van der Waals surface area contributed by atoms with E-state index in [2.05, 4.69) is 34.0 Å². The van der Waals surface area contributed by atoms with Gasteiger partial charge in [0, 0.05) is 15.2 Å². The van der Waals surface area contributed by atoms with Gasteiger partial charge in [0.2, 0.25) is 5.91 Å². The van der Waals surface area contributed by atoms with E-state index in [-0.39, 0.29) is 11.8 Å². The first-order chi connectivity index (χ1) is 6.91. The first kappa shape index (κ1) is 12.5. The number of carbonyl (C=O) groups is 1. The van der Waals surface area contributed by atoms with Crippen LogP contribution >= 0.6 is 22.6 Å². The van der Waals surface area contributed by atoms with Gasteiger partial charge in [-0.3, -0.25) is 4.79 Å². The van der Waals surface area contributed by atoms with Crippen LogP contribution in [-0.4, -0.2) is 5.91 Å².